The summed E-state index contributed by atoms with van der Waals surface area (Å²) in [4.78, 5) is 24.2. The second-order valence-electron chi connectivity index (χ2n) is 5.39. The van der Waals surface area contributed by atoms with Crippen LogP contribution in [0.5, 0.6) is 5.75 Å². The second-order valence-corrected chi connectivity index (χ2v) is 5.39. The van der Waals surface area contributed by atoms with Gasteiger partial charge in [-0.1, -0.05) is 12.1 Å². The first kappa shape index (κ1) is 16.0. The highest BCUT2D eigenvalue weighted by atomic mass is 16.5. The molecule has 2 rings (SSSR count). The topological polar surface area (TPSA) is 48.3 Å². The molecule has 0 radical (unpaired) electrons. The first-order valence-corrected chi connectivity index (χ1v) is 7.46. The van der Waals surface area contributed by atoms with E-state index in [0.29, 0.717) is 6.61 Å². The molecule has 0 spiro atoms. The van der Waals surface area contributed by atoms with E-state index in [1.165, 1.54) is 6.92 Å². The summed E-state index contributed by atoms with van der Waals surface area (Å²) in [7, 11) is 0. The molecule has 0 aliphatic carbocycles. The maximum absolute atomic E-state index is 12.6. The van der Waals surface area contributed by atoms with Gasteiger partial charge < -0.3 is 9.30 Å². The molecule has 0 fully saturated rings. The van der Waals surface area contributed by atoms with E-state index in [4.69, 9.17) is 4.74 Å². The number of aromatic nitrogens is 1. The van der Waals surface area contributed by atoms with Crippen molar-refractivity contribution >= 4 is 5.78 Å². The van der Waals surface area contributed by atoms with Gasteiger partial charge in [0.2, 0.25) is 0 Å². The van der Waals surface area contributed by atoms with Crippen molar-refractivity contribution < 1.29 is 9.53 Å². The summed E-state index contributed by atoms with van der Waals surface area (Å²) < 4.78 is 7.31. The Balaban J connectivity index is 2.74. The molecule has 0 saturated heterocycles. The van der Waals surface area contributed by atoms with Crippen molar-refractivity contribution in [2.45, 2.75) is 33.7 Å². The number of rotatable bonds is 5. The SMILES string of the molecule is CCOc1ccccc1-c1ccc(C(C)=O)c(=O)n1C(C)C. The van der Waals surface area contributed by atoms with Gasteiger partial charge in [0.05, 0.1) is 17.9 Å². The van der Waals surface area contributed by atoms with Crippen LogP contribution in [-0.4, -0.2) is 17.0 Å². The second kappa shape index (κ2) is 6.60. The summed E-state index contributed by atoms with van der Waals surface area (Å²) in [6, 6.07) is 11.0. The van der Waals surface area contributed by atoms with Gasteiger partial charge in [-0.15, -0.1) is 0 Å². The summed E-state index contributed by atoms with van der Waals surface area (Å²) >= 11 is 0. The first-order chi connectivity index (χ1) is 10.5. The molecule has 0 saturated carbocycles. The number of carbonyl (C=O) groups is 1. The normalized spacial score (nSPS) is 10.8. The Morgan fingerprint density at radius 1 is 1.18 bits per heavy atom. The lowest BCUT2D eigenvalue weighted by atomic mass is 10.1. The Labute approximate surface area is 130 Å². The van der Waals surface area contributed by atoms with E-state index in [9.17, 15) is 9.59 Å². The molecule has 1 aromatic heterocycles. The minimum absolute atomic E-state index is 0.0588. The number of nitrogens with zero attached hydrogens (tertiary/aromatic N) is 1. The molecule has 116 valence electrons. The summed E-state index contributed by atoms with van der Waals surface area (Å²) in [6.07, 6.45) is 0. The minimum Gasteiger partial charge on any atom is -0.493 e. The number of carbonyl (C=O) groups excluding carboxylic acids is 1. The third-order valence-electron chi connectivity index (χ3n) is 3.48. The zero-order chi connectivity index (χ0) is 16.3. The third-order valence-corrected chi connectivity index (χ3v) is 3.48. The number of hydrogen-bond donors (Lipinski definition) is 0. The zero-order valence-corrected chi connectivity index (χ0v) is 13.4. The largest absolute Gasteiger partial charge is 0.493 e. The van der Waals surface area contributed by atoms with Gasteiger partial charge in [0.25, 0.3) is 5.56 Å². The van der Waals surface area contributed by atoms with Gasteiger partial charge in [-0.2, -0.15) is 0 Å². The summed E-state index contributed by atoms with van der Waals surface area (Å²) in [5, 5.41) is 0. The van der Waals surface area contributed by atoms with E-state index in [1.54, 1.807) is 10.6 Å². The quantitative estimate of drug-likeness (QED) is 0.791. The van der Waals surface area contributed by atoms with Crippen molar-refractivity contribution in [1.82, 2.24) is 4.57 Å². The number of para-hydroxylation sites is 1. The van der Waals surface area contributed by atoms with Crippen LogP contribution in [0.15, 0.2) is 41.2 Å². The Kier molecular flexibility index (Phi) is 4.81. The highest BCUT2D eigenvalue weighted by Crippen LogP contribution is 2.30. The van der Waals surface area contributed by atoms with Crippen LogP contribution < -0.4 is 10.3 Å². The number of benzene rings is 1. The lowest BCUT2D eigenvalue weighted by molar-refractivity contribution is 0.101. The molecule has 22 heavy (non-hydrogen) atoms. The Bertz CT molecular complexity index is 744. The molecule has 1 heterocycles. The van der Waals surface area contributed by atoms with Crippen LogP contribution in [0.25, 0.3) is 11.3 Å². The molecule has 0 atom stereocenters. The van der Waals surface area contributed by atoms with Crippen molar-refractivity contribution in [3.8, 4) is 17.0 Å². The van der Waals surface area contributed by atoms with Crippen molar-refractivity contribution in [3.05, 3.63) is 52.3 Å². The average Bonchev–Trinajstić information content (AvgIpc) is 2.47. The Hall–Kier alpha value is -2.36. The molecule has 4 heteroatoms. The molecule has 0 unspecified atom stereocenters. The van der Waals surface area contributed by atoms with E-state index >= 15 is 0 Å². The fourth-order valence-electron chi connectivity index (χ4n) is 2.51. The number of hydrogen-bond acceptors (Lipinski definition) is 3. The smallest absolute Gasteiger partial charge is 0.262 e. The van der Waals surface area contributed by atoms with Crippen LogP contribution in [0, 0.1) is 0 Å². The number of ketones is 1. The lowest BCUT2D eigenvalue weighted by Crippen LogP contribution is -2.28. The van der Waals surface area contributed by atoms with Crippen molar-refractivity contribution in [3.63, 3.8) is 0 Å². The third kappa shape index (κ3) is 2.96. The van der Waals surface area contributed by atoms with Crippen LogP contribution in [0.4, 0.5) is 0 Å². The van der Waals surface area contributed by atoms with Crippen LogP contribution in [0.1, 0.15) is 44.1 Å². The van der Waals surface area contributed by atoms with E-state index in [2.05, 4.69) is 0 Å². The zero-order valence-electron chi connectivity index (χ0n) is 13.4. The molecule has 0 aliphatic rings. The standard InChI is InChI=1S/C18H21NO3/c1-5-22-17-9-7-6-8-15(17)16-11-10-14(13(4)20)18(21)19(16)12(2)3/h6-12H,5H2,1-4H3. The van der Waals surface area contributed by atoms with Gasteiger partial charge in [0.15, 0.2) is 5.78 Å². The van der Waals surface area contributed by atoms with Crippen LogP contribution in [0.2, 0.25) is 0 Å². The van der Waals surface area contributed by atoms with E-state index in [0.717, 1.165) is 17.0 Å². The molecule has 1 aromatic carbocycles. The molecule has 0 N–H and O–H groups in total. The fraction of sp³-hybridized carbons (Fsp3) is 0.333. The van der Waals surface area contributed by atoms with Crippen molar-refractivity contribution in [2.75, 3.05) is 6.61 Å². The van der Waals surface area contributed by atoms with E-state index < -0.39 is 0 Å². The predicted octanol–water partition coefficient (Wildman–Crippen LogP) is 3.70. The summed E-state index contributed by atoms with van der Waals surface area (Å²) in [5.41, 5.74) is 1.57. The fourth-order valence-corrected chi connectivity index (χ4v) is 2.51. The highest BCUT2D eigenvalue weighted by molar-refractivity contribution is 5.94. The Morgan fingerprint density at radius 3 is 2.45 bits per heavy atom. The number of ether oxygens (including phenoxy) is 1. The number of pyridine rings is 1. The molecule has 0 aliphatic heterocycles. The van der Waals surface area contributed by atoms with E-state index in [1.807, 2.05) is 51.1 Å². The highest BCUT2D eigenvalue weighted by Gasteiger charge is 2.17. The monoisotopic (exact) mass is 299 g/mol. The first-order valence-electron chi connectivity index (χ1n) is 7.46. The lowest BCUT2D eigenvalue weighted by Gasteiger charge is -2.19. The molecular formula is C18H21NO3. The van der Waals surface area contributed by atoms with Gasteiger partial charge in [-0.3, -0.25) is 9.59 Å². The van der Waals surface area contributed by atoms with E-state index in [-0.39, 0.29) is 22.9 Å². The van der Waals surface area contributed by atoms with Crippen LogP contribution >= 0.6 is 0 Å². The van der Waals surface area contributed by atoms with Crippen molar-refractivity contribution in [2.24, 2.45) is 0 Å². The molecular weight excluding hydrogens is 278 g/mol. The average molecular weight is 299 g/mol. The number of Topliss-reactive ketones (excluding diaryl/α,β-unsaturated/α-hetero) is 1. The van der Waals surface area contributed by atoms with Crippen LogP contribution in [0.3, 0.4) is 0 Å². The summed E-state index contributed by atoms with van der Waals surface area (Å²) in [5.74, 6) is 0.512. The maximum atomic E-state index is 12.6. The van der Waals surface area contributed by atoms with Gasteiger partial charge in [-0.25, -0.2) is 0 Å². The van der Waals surface area contributed by atoms with Gasteiger partial charge >= 0.3 is 0 Å². The molecule has 4 nitrogen and oxygen atoms in total. The van der Waals surface area contributed by atoms with Crippen molar-refractivity contribution in [1.29, 1.82) is 0 Å². The van der Waals surface area contributed by atoms with Gasteiger partial charge in [0.1, 0.15) is 5.75 Å². The summed E-state index contributed by atoms with van der Waals surface area (Å²) in [6.45, 7) is 7.74. The van der Waals surface area contributed by atoms with Gasteiger partial charge in [-0.05, 0) is 52.0 Å². The minimum atomic E-state index is -0.258. The molecule has 0 bridgehead atoms. The van der Waals surface area contributed by atoms with Gasteiger partial charge in [0, 0.05) is 11.6 Å². The van der Waals surface area contributed by atoms with Crippen LogP contribution in [-0.2, 0) is 0 Å². The molecule has 2 aromatic rings. The molecule has 0 amide bonds. The predicted molar refractivity (Wildman–Crippen MR) is 87.7 cm³/mol. The maximum Gasteiger partial charge on any atom is 0.262 e. The Morgan fingerprint density at radius 2 is 1.86 bits per heavy atom.